The monoisotopic (exact) mass is 652 g/mol. The molecule has 4 heteroatoms. The van der Waals surface area contributed by atoms with Gasteiger partial charge in [0.2, 0.25) is 0 Å². The number of hydrogen-bond acceptors (Lipinski definition) is 0. The summed E-state index contributed by atoms with van der Waals surface area (Å²) in [7, 11) is 0. The first-order chi connectivity index (χ1) is 24.4. The number of hydrogen-bond donors (Lipinski definition) is 0. The van der Waals surface area contributed by atoms with Crippen LogP contribution in [-0.2, 0) is 0 Å². The number of fused-ring (bicyclic) bond motifs is 9. The van der Waals surface area contributed by atoms with Crippen LogP contribution in [0.4, 0.5) is 17.6 Å². The SMILES string of the molecule is FC1=CC(c2c3cc4c(cc3c(-c3cc(F)cc(F)c3)c3c5cccc6c7ccccc7cc(c23)c65)c2cccc3cccc4c32)CC(F)=C1. The van der Waals surface area contributed by atoms with Crippen molar-refractivity contribution in [1.29, 1.82) is 0 Å². The number of benzene rings is 8. The first kappa shape index (κ1) is 27.9. The Morgan fingerprint density at radius 2 is 1.06 bits per heavy atom. The van der Waals surface area contributed by atoms with Gasteiger partial charge in [-0.1, -0.05) is 78.9 Å². The van der Waals surface area contributed by atoms with Crippen molar-refractivity contribution in [2.45, 2.75) is 12.3 Å². The first-order valence-electron chi connectivity index (χ1n) is 16.8. The average molecular weight is 653 g/mol. The minimum Gasteiger partial charge on any atom is -0.212 e. The normalized spacial score (nSPS) is 15.6. The number of rotatable bonds is 2. The van der Waals surface area contributed by atoms with Crippen LogP contribution in [0.15, 0.2) is 139 Å². The zero-order valence-electron chi connectivity index (χ0n) is 26.4. The highest BCUT2D eigenvalue weighted by atomic mass is 19.1. The van der Waals surface area contributed by atoms with Gasteiger partial charge >= 0.3 is 0 Å². The number of allylic oxidation sites excluding steroid dienone is 4. The Morgan fingerprint density at radius 1 is 0.440 bits per heavy atom. The van der Waals surface area contributed by atoms with Crippen LogP contribution in [0.25, 0.3) is 97.3 Å². The van der Waals surface area contributed by atoms with Gasteiger partial charge in [-0.15, -0.1) is 0 Å². The van der Waals surface area contributed by atoms with Gasteiger partial charge in [0, 0.05) is 24.5 Å². The fourth-order valence-electron chi connectivity index (χ4n) is 9.20. The predicted molar refractivity (Wildman–Crippen MR) is 200 cm³/mol. The Morgan fingerprint density at radius 3 is 1.80 bits per heavy atom. The van der Waals surface area contributed by atoms with E-state index in [1.165, 1.54) is 18.2 Å². The Bertz CT molecular complexity index is 3140. The molecule has 0 saturated heterocycles. The summed E-state index contributed by atoms with van der Waals surface area (Å²) in [5, 5.41) is 15.8. The molecule has 0 heterocycles. The van der Waals surface area contributed by atoms with Crippen molar-refractivity contribution in [1.82, 2.24) is 0 Å². The maximum absolute atomic E-state index is 15.3. The second kappa shape index (κ2) is 9.79. The lowest BCUT2D eigenvalue weighted by Crippen LogP contribution is -2.03. The summed E-state index contributed by atoms with van der Waals surface area (Å²) in [4.78, 5) is 0. The van der Waals surface area contributed by atoms with Crippen LogP contribution >= 0.6 is 0 Å². The van der Waals surface area contributed by atoms with E-state index in [1.54, 1.807) is 0 Å². The zero-order chi connectivity index (χ0) is 33.4. The van der Waals surface area contributed by atoms with Crippen LogP contribution in [0.3, 0.4) is 0 Å². The Balaban J connectivity index is 1.47. The van der Waals surface area contributed by atoms with E-state index in [9.17, 15) is 0 Å². The van der Waals surface area contributed by atoms with Gasteiger partial charge in [0.15, 0.2) is 0 Å². The minimum atomic E-state index is -0.673. The van der Waals surface area contributed by atoms with Crippen molar-refractivity contribution in [3.05, 3.63) is 156 Å². The fraction of sp³-hybridized carbons (Fsp3) is 0.0435. The van der Waals surface area contributed by atoms with Gasteiger partial charge in [0.25, 0.3) is 0 Å². The smallest absolute Gasteiger partial charge is 0.126 e. The highest BCUT2D eigenvalue weighted by molar-refractivity contribution is 6.41. The molecule has 50 heavy (non-hydrogen) atoms. The van der Waals surface area contributed by atoms with E-state index in [0.717, 1.165) is 104 Å². The van der Waals surface area contributed by atoms with Crippen LogP contribution in [-0.4, -0.2) is 0 Å². The second-order valence-corrected chi connectivity index (χ2v) is 13.7. The average Bonchev–Trinajstić information content (AvgIpc) is 3.59. The van der Waals surface area contributed by atoms with E-state index < -0.39 is 29.2 Å². The molecule has 1 aliphatic rings. The second-order valence-electron chi connectivity index (χ2n) is 13.7. The molecule has 0 aliphatic heterocycles. The van der Waals surface area contributed by atoms with Gasteiger partial charge in [-0.05, 0) is 139 Å². The minimum absolute atomic E-state index is 0.00284. The number of halogens is 4. The van der Waals surface area contributed by atoms with Crippen molar-refractivity contribution < 1.29 is 17.6 Å². The molecule has 0 radical (unpaired) electrons. The van der Waals surface area contributed by atoms with Crippen LogP contribution < -0.4 is 0 Å². The van der Waals surface area contributed by atoms with E-state index in [0.29, 0.717) is 11.1 Å². The summed E-state index contributed by atoms with van der Waals surface area (Å²) < 4.78 is 61.0. The Labute approximate surface area is 282 Å². The first-order valence-corrected chi connectivity index (χ1v) is 16.8. The van der Waals surface area contributed by atoms with Crippen molar-refractivity contribution >= 4 is 86.2 Å². The van der Waals surface area contributed by atoms with Gasteiger partial charge in [0.1, 0.15) is 23.3 Å². The maximum atomic E-state index is 15.3. The molecule has 10 aromatic carbocycles. The van der Waals surface area contributed by atoms with E-state index in [-0.39, 0.29) is 6.42 Å². The van der Waals surface area contributed by atoms with Crippen LogP contribution in [0.5, 0.6) is 0 Å². The summed E-state index contributed by atoms with van der Waals surface area (Å²) in [5.41, 5.74) is 1.93. The molecule has 0 saturated carbocycles. The molecule has 0 aromatic heterocycles. The van der Waals surface area contributed by atoms with Gasteiger partial charge < -0.3 is 0 Å². The summed E-state index contributed by atoms with van der Waals surface area (Å²) in [6.45, 7) is 0. The summed E-state index contributed by atoms with van der Waals surface area (Å²) in [6.07, 6.45) is 2.48. The van der Waals surface area contributed by atoms with Crippen molar-refractivity contribution in [3.63, 3.8) is 0 Å². The van der Waals surface area contributed by atoms with Crippen molar-refractivity contribution in [2.75, 3.05) is 0 Å². The largest absolute Gasteiger partial charge is 0.212 e. The molecule has 0 N–H and O–H groups in total. The van der Waals surface area contributed by atoms with Crippen molar-refractivity contribution in [3.8, 4) is 11.1 Å². The molecule has 1 atom stereocenters. The molecule has 10 aromatic rings. The Kier molecular flexibility index (Phi) is 5.47. The predicted octanol–water partition coefficient (Wildman–Crippen LogP) is 13.9. The van der Waals surface area contributed by atoms with Gasteiger partial charge in [-0.3, -0.25) is 0 Å². The van der Waals surface area contributed by atoms with Crippen molar-refractivity contribution in [2.24, 2.45) is 0 Å². The van der Waals surface area contributed by atoms with Crippen LogP contribution in [0, 0.1) is 11.6 Å². The summed E-state index contributed by atoms with van der Waals surface area (Å²) in [6, 6.07) is 37.0. The fourth-order valence-corrected chi connectivity index (χ4v) is 9.20. The molecule has 236 valence electrons. The van der Waals surface area contributed by atoms with Gasteiger partial charge in [-0.2, -0.15) is 0 Å². The lowest BCUT2D eigenvalue weighted by Gasteiger charge is -2.23. The molecule has 0 nitrogen and oxygen atoms in total. The lowest BCUT2D eigenvalue weighted by atomic mass is 9.81. The molecule has 0 spiro atoms. The maximum Gasteiger partial charge on any atom is 0.126 e. The molecule has 11 rings (SSSR count). The van der Waals surface area contributed by atoms with E-state index in [1.807, 2.05) is 30.3 Å². The van der Waals surface area contributed by atoms with Crippen LogP contribution in [0.1, 0.15) is 17.9 Å². The topological polar surface area (TPSA) is 0 Å². The van der Waals surface area contributed by atoms with Gasteiger partial charge in [-0.25, -0.2) is 17.6 Å². The molecule has 1 aliphatic carbocycles. The summed E-state index contributed by atoms with van der Waals surface area (Å²) >= 11 is 0. The zero-order valence-corrected chi connectivity index (χ0v) is 26.4. The van der Waals surface area contributed by atoms with Gasteiger partial charge in [0.05, 0.1) is 0 Å². The quantitative estimate of drug-likeness (QED) is 0.129. The van der Waals surface area contributed by atoms with E-state index in [2.05, 4.69) is 66.7 Å². The summed E-state index contributed by atoms with van der Waals surface area (Å²) in [5.74, 6) is -3.11. The lowest BCUT2D eigenvalue weighted by molar-refractivity contribution is 0.538. The highest BCUT2D eigenvalue weighted by Gasteiger charge is 2.29. The highest BCUT2D eigenvalue weighted by Crippen LogP contribution is 2.54. The van der Waals surface area contributed by atoms with E-state index in [4.69, 9.17) is 0 Å². The third kappa shape index (κ3) is 3.65. The Hall–Kier alpha value is -6.00. The van der Waals surface area contributed by atoms with Crippen LogP contribution in [0.2, 0.25) is 0 Å². The molecule has 0 bridgehead atoms. The molecule has 0 fully saturated rings. The van der Waals surface area contributed by atoms with E-state index >= 15 is 17.6 Å². The molecule has 0 amide bonds. The third-order valence-corrected chi connectivity index (χ3v) is 11.0. The standard InChI is InChI=1S/C46H24F4/c47-27-14-25(15-28(48)19-27)42-38-21-36-33-10-3-7-23-8-4-11-34(41(23)33)37(36)22-39(38)43(26-16-29(49)20-30(50)17-26)46-40-18-24-6-1-2-9-31(24)32-12-5-13-35(44(32)40)45(42)46/h1-16,18-22,26H,17H2. The third-order valence-electron chi connectivity index (χ3n) is 11.0. The molecule has 1 unspecified atom stereocenters. The molecular formula is C46H24F4. The molecular weight excluding hydrogens is 628 g/mol.